The number of nitrogens with one attached hydrogen (secondary N) is 1. The number of aromatic nitrogens is 1. The van der Waals surface area contributed by atoms with Gasteiger partial charge < -0.3 is 15.2 Å². The summed E-state index contributed by atoms with van der Waals surface area (Å²) < 4.78 is 5.46. The number of pyridine rings is 1. The zero-order chi connectivity index (χ0) is 25.9. The highest BCUT2D eigenvalue weighted by Gasteiger charge is 2.21. The first-order chi connectivity index (χ1) is 16.4. The number of nitrogens with zero attached hydrogens (tertiary/aromatic N) is 1. The van der Waals surface area contributed by atoms with Gasteiger partial charge in [-0.1, -0.05) is 56.3 Å². The third kappa shape index (κ3) is 6.47. The van der Waals surface area contributed by atoms with E-state index in [-0.39, 0.29) is 12.1 Å². The second kappa shape index (κ2) is 10.3. The predicted octanol–water partition coefficient (Wildman–Crippen LogP) is 6.53. The number of ether oxygens (including phenoxy) is 1. The van der Waals surface area contributed by atoms with Crippen molar-refractivity contribution in [2.45, 2.75) is 60.1 Å². The van der Waals surface area contributed by atoms with Crippen LogP contribution in [0.3, 0.4) is 0 Å². The van der Waals surface area contributed by atoms with Crippen LogP contribution in [0.15, 0.2) is 49.0 Å². The van der Waals surface area contributed by atoms with Gasteiger partial charge >= 0.3 is 12.1 Å². The van der Waals surface area contributed by atoms with Crippen LogP contribution < -0.4 is 5.32 Å². The standard InChI is InChI=1S/C29H34N2O4/c1-17(2)14-25-23(16-30-28(34)35-29(5,6)7)26(20-10-8-18(3)9-11-20)22-15-21(19(4)27(32)33)12-13-24(22)31-25/h8-13,15,17H,4,14,16H2,1-3,5-7H3,(H,30,34)(H,32,33). The van der Waals surface area contributed by atoms with E-state index in [2.05, 4.69) is 25.7 Å². The van der Waals surface area contributed by atoms with Crippen LogP contribution in [0, 0.1) is 12.8 Å². The number of aliphatic carboxylic acids is 1. The van der Waals surface area contributed by atoms with Crippen molar-refractivity contribution in [1.82, 2.24) is 10.3 Å². The van der Waals surface area contributed by atoms with E-state index in [9.17, 15) is 14.7 Å². The largest absolute Gasteiger partial charge is 0.478 e. The van der Waals surface area contributed by atoms with Gasteiger partial charge in [0.25, 0.3) is 0 Å². The van der Waals surface area contributed by atoms with Gasteiger partial charge in [-0.15, -0.1) is 0 Å². The summed E-state index contributed by atoms with van der Waals surface area (Å²) in [5.41, 5.74) is 5.47. The van der Waals surface area contributed by atoms with Gasteiger partial charge in [-0.3, -0.25) is 4.98 Å². The Morgan fingerprint density at radius 1 is 1.11 bits per heavy atom. The monoisotopic (exact) mass is 474 g/mol. The fourth-order valence-corrected chi connectivity index (χ4v) is 3.94. The normalized spacial score (nSPS) is 11.5. The maximum atomic E-state index is 12.5. The summed E-state index contributed by atoms with van der Waals surface area (Å²) >= 11 is 0. The first-order valence-electron chi connectivity index (χ1n) is 11.8. The highest BCUT2D eigenvalue weighted by atomic mass is 16.6. The summed E-state index contributed by atoms with van der Waals surface area (Å²) in [6.07, 6.45) is 0.222. The van der Waals surface area contributed by atoms with Gasteiger partial charge in [-0.25, -0.2) is 9.59 Å². The van der Waals surface area contributed by atoms with Crippen LogP contribution in [0.5, 0.6) is 0 Å². The average molecular weight is 475 g/mol. The topological polar surface area (TPSA) is 88.5 Å². The fraction of sp³-hybridized carbons (Fsp3) is 0.345. The quantitative estimate of drug-likeness (QED) is 0.380. The van der Waals surface area contributed by atoms with Crippen molar-refractivity contribution in [2.24, 2.45) is 5.92 Å². The number of aryl methyl sites for hydroxylation is 1. The van der Waals surface area contributed by atoms with Crippen molar-refractivity contribution in [2.75, 3.05) is 0 Å². The fourth-order valence-electron chi connectivity index (χ4n) is 3.94. The second-order valence-electron chi connectivity index (χ2n) is 10.2. The molecule has 1 heterocycles. The second-order valence-corrected chi connectivity index (χ2v) is 10.2. The van der Waals surface area contributed by atoms with E-state index in [1.165, 1.54) is 0 Å². The Morgan fingerprint density at radius 2 is 1.77 bits per heavy atom. The summed E-state index contributed by atoms with van der Waals surface area (Å²) in [6, 6.07) is 13.6. The summed E-state index contributed by atoms with van der Waals surface area (Å²) in [4.78, 5) is 29.0. The number of carboxylic acids is 1. The van der Waals surface area contributed by atoms with Crippen molar-refractivity contribution in [1.29, 1.82) is 0 Å². The minimum Gasteiger partial charge on any atom is -0.478 e. The number of amides is 1. The predicted molar refractivity (Wildman–Crippen MR) is 140 cm³/mol. The third-order valence-corrected chi connectivity index (χ3v) is 5.53. The highest BCUT2D eigenvalue weighted by Crippen LogP contribution is 2.36. The lowest BCUT2D eigenvalue weighted by atomic mass is 9.90. The summed E-state index contributed by atoms with van der Waals surface area (Å²) in [5, 5.41) is 13.2. The Hall–Kier alpha value is -3.67. The summed E-state index contributed by atoms with van der Waals surface area (Å²) in [6.45, 7) is 15.7. The van der Waals surface area contributed by atoms with Crippen molar-refractivity contribution in [3.63, 3.8) is 0 Å². The minimum atomic E-state index is -1.07. The molecule has 0 aliphatic rings. The lowest BCUT2D eigenvalue weighted by Gasteiger charge is -2.22. The molecule has 3 aromatic rings. The number of hydrogen-bond donors (Lipinski definition) is 2. The molecule has 0 fully saturated rings. The molecule has 0 saturated heterocycles. The minimum absolute atomic E-state index is 0.0152. The molecule has 1 amide bonds. The number of fused-ring (bicyclic) bond motifs is 1. The van der Waals surface area contributed by atoms with Crippen LogP contribution in [0.25, 0.3) is 27.6 Å². The molecule has 6 nitrogen and oxygen atoms in total. The van der Waals surface area contributed by atoms with Crippen molar-refractivity contribution >= 4 is 28.5 Å². The molecule has 0 saturated carbocycles. The summed E-state index contributed by atoms with van der Waals surface area (Å²) in [5.74, 6) is -0.727. The Bertz CT molecular complexity index is 1270. The van der Waals surface area contributed by atoms with Gasteiger partial charge in [-0.05, 0) is 68.9 Å². The maximum absolute atomic E-state index is 12.5. The Kier molecular flexibility index (Phi) is 7.64. The molecular formula is C29H34N2O4. The maximum Gasteiger partial charge on any atom is 0.407 e. The number of rotatable bonds is 7. The molecule has 35 heavy (non-hydrogen) atoms. The zero-order valence-corrected chi connectivity index (χ0v) is 21.4. The van der Waals surface area contributed by atoms with Crippen molar-refractivity contribution < 1.29 is 19.4 Å². The molecule has 1 aromatic heterocycles. The molecular weight excluding hydrogens is 440 g/mol. The Morgan fingerprint density at radius 3 is 2.34 bits per heavy atom. The van der Waals surface area contributed by atoms with Gasteiger partial charge in [0.05, 0.1) is 11.1 Å². The van der Waals surface area contributed by atoms with Crippen LogP contribution in [-0.4, -0.2) is 27.8 Å². The Labute approximate surface area is 207 Å². The van der Waals surface area contributed by atoms with E-state index in [1.54, 1.807) is 6.07 Å². The van der Waals surface area contributed by atoms with E-state index >= 15 is 0 Å². The average Bonchev–Trinajstić information content (AvgIpc) is 2.75. The van der Waals surface area contributed by atoms with E-state index in [0.717, 1.165) is 45.3 Å². The lowest BCUT2D eigenvalue weighted by molar-refractivity contribution is -0.130. The molecule has 0 spiro atoms. The van der Waals surface area contributed by atoms with Crippen LogP contribution in [0.2, 0.25) is 0 Å². The molecule has 2 aromatic carbocycles. The first kappa shape index (κ1) is 25.9. The molecule has 184 valence electrons. The zero-order valence-electron chi connectivity index (χ0n) is 21.4. The number of carbonyl (C=O) groups is 2. The third-order valence-electron chi connectivity index (χ3n) is 5.53. The van der Waals surface area contributed by atoms with Crippen LogP contribution in [0.4, 0.5) is 4.79 Å². The van der Waals surface area contributed by atoms with Gasteiger partial charge in [0, 0.05) is 23.2 Å². The molecule has 0 bridgehead atoms. The smallest absolute Gasteiger partial charge is 0.407 e. The highest BCUT2D eigenvalue weighted by molar-refractivity contribution is 6.15. The van der Waals surface area contributed by atoms with Gasteiger partial charge in [-0.2, -0.15) is 0 Å². The summed E-state index contributed by atoms with van der Waals surface area (Å²) in [7, 11) is 0. The van der Waals surface area contributed by atoms with Crippen LogP contribution >= 0.6 is 0 Å². The number of carbonyl (C=O) groups excluding carboxylic acids is 1. The van der Waals surface area contributed by atoms with E-state index in [0.29, 0.717) is 11.5 Å². The molecule has 6 heteroatoms. The molecule has 0 aliphatic carbocycles. The van der Waals surface area contributed by atoms with Crippen LogP contribution in [0.1, 0.15) is 57.0 Å². The van der Waals surface area contributed by atoms with Crippen molar-refractivity contribution in [3.05, 3.63) is 71.4 Å². The lowest BCUT2D eigenvalue weighted by Crippen LogP contribution is -2.32. The molecule has 0 radical (unpaired) electrons. The number of alkyl carbamates (subject to hydrolysis) is 1. The number of hydrogen-bond acceptors (Lipinski definition) is 4. The molecule has 0 atom stereocenters. The van der Waals surface area contributed by atoms with Crippen molar-refractivity contribution in [3.8, 4) is 11.1 Å². The first-order valence-corrected chi connectivity index (χ1v) is 11.8. The molecule has 0 aliphatic heterocycles. The van der Waals surface area contributed by atoms with E-state index in [1.807, 2.05) is 64.1 Å². The van der Waals surface area contributed by atoms with Gasteiger partial charge in [0.1, 0.15) is 5.60 Å². The molecule has 3 rings (SSSR count). The van der Waals surface area contributed by atoms with Crippen LogP contribution in [-0.2, 0) is 22.5 Å². The van der Waals surface area contributed by atoms with Gasteiger partial charge in [0.15, 0.2) is 0 Å². The number of carboxylic acid groups (broad SMARTS) is 1. The molecule has 2 N–H and O–H groups in total. The number of benzene rings is 2. The van der Waals surface area contributed by atoms with Gasteiger partial charge in [0.2, 0.25) is 0 Å². The SMILES string of the molecule is C=C(C(=O)O)c1ccc2nc(CC(C)C)c(CNC(=O)OC(C)(C)C)c(-c3ccc(C)cc3)c2c1. The van der Waals surface area contributed by atoms with E-state index < -0.39 is 17.7 Å². The Balaban J connectivity index is 2.26. The molecule has 0 unspecified atom stereocenters. The van der Waals surface area contributed by atoms with E-state index in [4.69, 9.17) is 9.72 Å².